The van der Waals surface area contributed by atoms with Crippen LogP contribution in [0.3, 0.4) is 0 Å². The summed E-state index contributed by atoms with van der Waals surface area (Å²) in [5.41, 5.74) is 3.20. The van der Waals surface area contributed by atoms with Crippen molar-refractivity contribution in [3.63, 3.8) is 0 Å². The molecule has 2 heterocycles. The van der Waals surface area contributed by atoms with Crippen LogP contribution in [0, 0.1) is 13.8 Å². The number of nitrogens with zero attached hydrogens (tertiary/aromatic N) is 3. The monoisotopic (exact) mass is 338 g/mol. The predicted octanol–water partition coefficient (Wildman–Crippen LogP) is 2.85. The highest BCUT2D eigenvalue weighted by atomic mass is 16.2. The van der Waals surface area contributed by atoms with Gasteiger partial charge in [-0.05, 0) is 44.5 Å². The maximum atomic E-state index is 12.6. The molecular formula is C20H26N4O. The van der Waals surface area contributed by atoms with Gasteiger partial charge < -0.3 is 10.2 Å². The van der Waals surface area contributed by atoms with Gasteiger partial charge in [-0.25, -0.2) is 4.98 Å². The van der Waals surface area contributed by atoms with Crippen LogP contribution in [0.25, 0.3) is 0 Å². The van der Waals surface area contributed by atoms with Crippen molar-refractivity contribution in [1.29, 1.82) is 0 Å². The van der Waals surface area contributed by atoms with Crippen molar-refractivity contribution in [2.75, 3.05) is 36.4 Å². The van der Waals surface area contributed by atoms with E-state index in [0.717, 1.165) is 43.2 Å². The first-order chi connectivity index (χ1) is 12.0. The second-order valence-corrected chi connectivity index (χ2v) is 6.69. The zero-order valence-corrected chi connectivity index (χ0v) is 15.2. The lowest BCUT2D eigenvalue weighted by Gasteiger charge is -2.38. The molecule has 1 aliphatic rings. The van der Waals surface area contributed by atoms with E-state index in [1.54, 1.807) is 0 Å². The van der Waals surface area contributed by atoms with E-state index in [9.17, 15) is 4.79 Å². The van der Waals surface area contributed by atoms with Gasteiger partial charge >= 0.3 is 0 Å². The van der Waals surface area contributed by atoms with Gasteiger partial charge in [-0.3, -0.25) is 9.69 Å². The minimum atomic E-state index is -0.147. The molecule has 0 radical (unpaired) electrons. The minimum absolute atomic E-state index is 0.0539. The number of hydrogen-bond acceptors (Lipinski definition) is 4. The number of nitrogens with one attached hydrogen (secondary N) is 1. The van der Waals surface area contributed by atoms with Gasteiger partial charge in [0.2, 0.25) is 5.91 Å². The number of piperazine rings is 1. The van der Waals surface area contributed by atoms with Crippen LogP contribution in [0.2, 0.25) is 0 Å². The van der Waals surface area contributed by atoms with Crippen molar-refractivity contribution in [3.8, 4) is 0 Å². The number of rotatable bonds is 4. The molecule has 0 saturated carbocycles. The van der Waals surface area contributed by atoms with Crippen LogP contribution in [0.15, 0.2) is 42.6 Å². The summed E-state index contributed by atoms with van der Waals surface area (Å²) in [5, 5.41) is 3.07. The molecule has 1 atom stereocenters. The van der Waals surface area contributed by atoms with Gasteiger partial charge in [0.15, 0.2) is 0 Å². The number of amides is 1. The Bertz CT molecular complexity index is 724. The molecule has 1 N–H and O–H groups in total. The number of carbonyl (C=O) groups is 1. The maximum Gasteiger partial charge on any atom is 0.241 e. The molecule has 2 aromatic rings. The van der Waals surface area contributed by atoms with Crippen LogP contribution in [-0.2, 0) is 4.79 Å². The average Bonchev–Trinajstić information content (AvgIpc) is 2.64. The van der Waals surface area contributed by atoms with E-state index in [1.165, 1.54) is 5.56 Å². The summed E-state index contributed by atoms with van der Waals surface area (Å²) < 4.78 is 0. The molecule has 1 aliphatic heterocycles. The van der Waals surface area contributed by atoms with E-state index >= 15 is 0 Å². The van der Waals surface area contributed by atoms with Crippen molar-refractivity contribution in [2.24, 2.45) is 0 Å². The minimum Gasteiger partial charge on any atom is -0.354 e. The molecule has 5 nitrogen and oxygen atoms in total. The molecule has 0 bridgehead atoms. The number of hydrogen-bond donors (Lipinski definition) is 1. The molecule has 1 aromatic heterocycles. The van der Waals surface area contributed by atoms with Crippen LogP contribution in [0.4, 0.5) is 11.5 Å². The number of pyridine rings is 1. The van der Waals surface area contributed by atoms with Crippen LogP contribution < -0.4 is 10.2 Å². The van der Waals surface area contributed by atoms with E-state index in [2.05, 4.69) is 33.1 Å². The molecular weight excluding hydrogens is 312 g/mol. The molecule has 1 fully saturated rings. The second kappa shape index (κ2) is 7.66. The summed E-state index contributed by atoms with van der Waals surface area (Å²) in [6, 6.07) is 11.9. The standard InChI is InChI=1S/C20H26N4O/c1-15-7-8-18(16(2)14-15)22-20(25)17(3)23-10-12-24(13-11-23)19-6-4-5-9-21-19/h4-9,14,17H,10-13H2,1-3H3,(H,22,25)/t17-/m1/s1. The highest BCUT2D eigenvalue weighted by molar-refractivity contribution is 5.95. The topological polar surface area (TPSA) is 48.5 Å². The average molecular weight is 338 g/mol. The predicted molar refractivity (Wildman–Crippen MR) is 102 cm³/mol. The zero-order valence-electron chi connectivity index (χ0n) is 15.2. The highest BCUT2D eigenvalue weighted by Gasteiger charge is 2.26. The Morgan fingerprint density at radius 2 is 1.88 bits per heavy atom. The fourth-order valence-electron chi connectivity index (χ4n) is 3.24. The van der Waals surface area contributed by atoms with E-state index in [-0.39, 0.29) is 11.9 Å². The fourth-order valence-corrected chi connectivity index (χ4v) is 3.24. The Morgan fingerprint density at radius 3 is 2.52 bits per heavy atom. The molecule has 0 aliphatic carbocycles. The summed E-state index contributed by atoms with van der Waals surface area (Å²) >= 11 is 0. The van der Waals surface area contributed by atoms with Gasteiger partial charge in [0.25, 0.3) is 0 Å². The van der Waals surface area contributed by atoms with Gasteiger partial charge in [0, 0.05) is 38.1 Å². The fraction of sp³-hybridized carbons (Fsp3) is 0.400. The summed E-state index contributed by atoms with van der Waals surface area (Å²) in [6.45, 7) is 9.56. The van der Waals surface area contributed by atoms with Crippen molar-refractivity contribution < 1.29 is 4.79 Å². The van der Waals surface area contributed by atoms with Crippen LogP contribution in [0.5, 0.6) is 0 Å². The number of anilines is 2. The van der Waals surface area contributed by atoms with Crippen molar-refractivity contribution >= 4 is 17.4 Å². The number of aryl methyl sites for hydroxylation is 2. The molecule has 1 aromatic carbocycles. The van der Waals surface area contributed by atoms with E-state index in [0.29, 0.717) is 0 Å². The first-order valence-corrected chi connectivity index (χ1v) is 8.83. The molecule has 132 valence electrons. The Morgan fingerprint density at radius 1 is 1.12 bits per heavy atom. The van der Waals surface area contributed by atoms with Gasteiger partial charge in [-0.1, -0.05) is 23.8 Å². The zero-order chi connectivity index (χ0) is 17.8. The van der Waals surface area contributed by atoms with Crippen molar-refractivity contribution in [1.82, 2.24) is 9.88 Å². The smallest absolute Gasteiger partial charge is 0.241 e. The largest absolute Gasteiger partial charge is 0.354 e. The normalized spacial score (nSPS) is 16.5. The Balaban J connectivity index is 1.56. The Hall–Kier alpha value is -2.40. The van der Waals surface area contributed by atoms with Gasteiger partial charge in [-0.15, -0.1) is 0 Å². The number of benzene rings is 1. The third-order valence-corrected chi connectivity index (χ3v) is 4.85. The molecule has 3 rings (SSSR count). The van der Waals surface area contributed by atoms with Crippen LogP contribution in [-0.4, -0.2) is 48.0 Å². The Labute approximate surface area is 149 Å². The third kappa shape index (κ3) is 4.17. The lowest BCUT2D eigenvalue weighted by Crippen LogP contribution is -2.53. The molecule has 5 heteroatoms. The SMILES string of the molecule is Cc1ccc(NC(=O)[C@@H](C)N2CCN(c3ccccn3)CC2)c(C)c1. The van der Waals surface area contributed by atoms with E-state index in [1.807, 2.05) is 50.4 Å². The van der Waals surface area contributed by atoms with Gasteiger partial charge in [0.1, 0.15) is 5.82 Å². The summed E-state index contributed by atoms with van der Waals surface area (Å²) in [4.78, 5) is 21.5. The lowest BCUT2D eigenvalue weighted by atomic mass is 10.1. The molecule has 25 heavy (non-hydrogen) atoms. The van der Waals surface area contributed by atoms with Gasteiger partial charge in [0.05, 0.1) is 6.04 Å². The number of aromatic nitrogens is 1. The molecule has 0 unspecified atom stereocenters. The summed E-state index contributed by atoms with van der Waals surface area (Å²) in [5.74, 6) is 1.06. The van der Waals surface area contributed by atoms with E-state index in [4.69, 9.17) is 0 Å². The van der Waals surface area contributed by atoms with Crippen LogP contribution in [0.1, 0.15) is 18.1 Å². The highest BCUT2D eigenvalue weighted by Crippen LogP contribution is 2.18. The lowest BCUT2D eigenvalue weighted by molar-refractivity contribution is -0.120. The maximum absolute atomic E-state index is 12.6. The van der Waals surface area contributed by atoms with Crippen LogP contribution >= 0.6 is 0 Å². The summed E-state index contributed by atoms with van der Waals surface area (Å²) in [7, 11) is 0. The van der Waals surface area contributed by atoms with Crippen molar-refractivity contribution in [3.05, 3.63) is 53.7 Å². The molecule has 1 saturated heterocycles. The van der Waals surface area contributed by atoms with Gasteiger partial charge in [-0.2, -0.15) is 0 Å². The quantitative estimate of drug-likeness (QED) is 0.931. The third-order valence-electron chi connectivity index (χ3n) is 4.85. The van der Waals surface area contributed by atoms with Crippen molar-refractivity contribution in [2.45, 2.75) is 26.8 Å². The van der Waals surface area contributed by atoms with E-state index < -0.39 is 0 Å². The Kier molecular flexibility index (Phi) is 5.34. The summed E-state index contributed by atoms with van der Waals surface area (Å²) in [6.07, 6.45) is 1.82. The number of carbonyl (C=O) groups excluding carboxylic acids is 1. The first kappa shape index (κ1) is 17.4. The first-order valence-electron chi connectivity index (χ1n) is 8.83. The second-order valence-electron chi connectivity index (χ2n) is 6.69. The molecule has 1 amide bonds. The molecule has 0 spiro atoms.